The lowest BCUT2D eigenvalue weighted by molar-refractivity contribution is -0.121. The van der Waals surface area contributed by atoms with Crippen molar-refractivity contribution in [3.63, 3.8) is 0 Å². The van der Waals surface area contributed by atoms with Crippen LogP contribution in [0.4, 0.5) is 4.39 Å². The molecule has 0 spiro atoms. The molecule has 0 saturated heterocycles. The predicted octanol–water partition coefficient (Wildman–Crippen LogP) is 2.23. The van der Waals surface area contributed by atoms with E-state index in [1.54, 1.807) is 25.1 Å². The first-order valence-corrected chi connectivity index (χ1v) is 10.3. The number of amides is 1. The molecule has 0 aliphatic rings. The number of aliphatic hydroxyl groups excluding tert-OH is 1. The Kier molecular flexibility index (Phi) is 7.78. The largest absolute Gasteiger partial charge is 0.493 e. The second-order valence-electron chi connectivity index (χ2n) is 7.30. The monoisotopic (exact) mass is 455 g/mol. The highest BCUT2D eigenvalue weighted by molar-refractivity contribution is 5.76. The van der Waals surface area contributed by atoms with Crippen LogP contribution in [0.15, 0.2) is 47.3 Å². The maximum absolute atomic E-state index is 13.4. The zero-order valence-electron chi connectivity index (χ0n) is 18.7. The summed E-state index contributed by atoms with van der Waals surface area (Å²) in [6.45, 7) is 1.29. The molecule has 1 aromatic heterocycles. The molecular formula is C24H26FN3O5. The second kappa shape index (κ2) is 10.7. The van der Waals surface area contributed by atoms with Crippen molar-refractivity contribution in [1.82, 2.24) is 14.9 Å². The number of nitrogens with zero attached hydrogens (tertiary/aromatic N) is 2. The van der Waals surface area contributed by atoms with E-state index in [-0.39, 0.29) is 31.9 Å². The van der Waals surface area contributed by atoms with Crippen LogP contribution in [0.5, 0.6) is 11.5 Å². The molecule has 1 amide bonds. The highest BCUT2D eigenvalue weighted by Gasteiger charge is 2.18. The molecule has 3 rings (SSSR count). The van der Waals surface area contributed by atoms with Crippen LogP contribution in [-0.4, -0.2) is 41.4 Å². The summed E-state index contributed by atoms with van der Waals surface area (Å²) >= 11 is 0. The van der Waals surface area contributed by atoms with Crippen molar-refractivity contribution >= 4 is 5.91 Å². The Balaban J connectivity index is 1.92. The number of hydrogen-bond acceptors (Lipinski definition) is 6. The number of benzene rings is 2. The Hall–Kier alpha value is -3.72. The molecule has 174 valence electrons. The van der Waals surface area contributed by atoms with Gasteiger partial charge >= 0.3 is 0 Å². The summed E-state index contributed by atoms with van der Waals surface area (Å²) in [5, 5.41) is 12.1. The van der Waals surface area contributed by atoms with E-state index in [4.69, 9.17) is 9.47 Å². The van der Waals surface area contributed by atoms with Crippen molar-refractivity contribution in [3.8, 4) is 22.9 Å². The molecule has 0 aliphatic heterocycles. The summed E-state index contributed by atoms with van der Waals surface area (Å²) in [5.41, 5.74) is 1.55. The van der Waals surface area contributed by atoms with Crippen LogP contribution in [0, 0.1) is 12.7 Å². The number of aryl methyl sites for hydroxylation is 1. The number of ether oxygens (including phenoxy) is 2. The summed E-state index contributed by atoms with van der Waals surface area (Å²) in [6.07, 6.45) is 0.115. The lowest BCUT2D eigenvalue weighted by Crippen LogP contribution is -2.35. The first kappa shape index (κ1) is 23.9. The Morgan fingerprint density at radius 2 is 1.88 bits per heavy atom. The maximum atomic E-state index is 13.4. The van der Waals surface area contributed by atoms with E-state index in [0.717, 1.165) is 0 Å². The quantitative estimate of drug-likeness (QED) is 0.513. The zero-order chi connectivity index (χ0) is 24.0. The number of carbonyl (C=O) groups excluding carboxylic acids is 1. The molecule has 2 aromatic carbocycles. The number of aromatic nitrogens is 2. The highest BCUT2D eigenvalue weighted by atomic mass is 19.1. The SMILES string of the molecule is COc1cccc(CNC(=O)Cn2c(-c3ccc(F)cc3)nc(C)c(CCO)c2=O)c1OC. The average Bonchev–Trinajstić information content (AvgIpc) is 2.82. The van der Waals surface area contributed by atoms with Crippen LogP contribution < -0.4 is 20.3 Å². The van der Waals surface area contributed by atoms with E-state index >= 15 is 0 Å². The molecule has 1 heterocycles. The summed E-state index contributed by atoms with van der Waals surface area (Å²) in [6, 6.07) is 10.8. The first-order valence-electron chi connectivity index (χ1n) is 10.3. The fourth-order valence-corrected chi connectivity index (χ4v) is 3.55. The average molecular weight is 455 g/mol. The Labute approximate surface area is 190 Å². The van der Waals surface area contributed by atoms with Gasteiger partial charge in [0.25, 0.3) is 5.56 Å². The van der Waals surface area contributed by atoms with Gasteiger partial charge in [-0.1, -0.05) is 12.1 Å². The lowest BCUT2D eigenvalue weighted by atomic mass is 10.1. The maximum Gasteiger partial charge on any atom is 0.257 e. The van der Waals surface area contributed by atoms with E-state index in [9.17, 15) is 19.1 Å². The minimum Gasteiger partial charge on any atom is -0.493 e. The van der Waals surface area contributed by atoms with Gasteiger partial charge in [-0.15, -0.1) is 0 Å². The van der Waals surface area contributed by atoms with Crippen molar-refractivity contribution in [1.29, 1.82) is 0 Å². The van der Waals surface area contributed by atoms with E-state index in [1.807, 2.05) is 0 Å². The number of nitrogens with one attached hydrogen (secondary N) is 1. The van der Waals surface area contributed by atoms with Gasteiger partial charge in [0.2, 0.25) is 5.91 Å². The van der Waals surface area contributed by atoms with Gasteiger partial charge in [-0.25, -0.2) is 9.37 Å². The fourth-order valence-electron chi connectivity index (χ4n) is 3.55. The van der Waals surface area contributed by atoms with Crippen molar-refractivity contribution in [3.05, 3.63) is 75.5 Å². The van der Waals surface area contributed by atoms with Gasteiger partial charge in [0, 0.05) is 42.0 Å². The third kappa shape index (κ3) is 5.38. The number of rotatable bonds is 9. The van der Waals surface area contributed by atoms with Crippen molar-refractivity contribution in [2.75, 3.05) is 20.8 Å². The minimum absolute atomic E-state index is 0.115. The number of carbonyl (C=O) groups is 1. The van der Waals surface area contributed by atoms with Gasteiger partial charge in [0.05, 0.1) is 14.2 Å². The van der Waals surface area contributed by atoms with Gasteiger partial charge in [-0.2, -0.15) is 0 Å². The summed E-state index contributed by atoms with van der Waals surface area (Å²) in [7, 11) is 3.04. The second-order valence-corrected chi connectivity index (χ2v) is 7.30. The summed E-state index contributed by atoms with van der Waals surface area (Å²) < 4.78 is 25.3. The van der Waals surface area contributed by atoms with Crippen molar-refractivity contribution in [2.24, 2.45) is 0 Å². The van der Waals surface area contributed by atoms with Crippen LogP contribution in [0.1, 0.15) is 16.8 Å². The molecule has 0 atom stereocenters. The van der Waals surface area contributed by atoms with Gasteiger partial charge < -0.3 is 19.9 Å². The molecule has 33 heavy (non-hydrogen) atoms. The van der Waals surface area contributed by atoms with Crippen LogP contribution in [-0.2, 0) is 24.3 Å². The number of methoxy groups -OCH3 is 2. The molecular weight excluding hydrogens is 429 g/mol. The van der Waals surface area contributed by atoms with E-state index in [0.29, 0.717) is 33.9 Å². The van der Waals surface area contributed by atoms with Crippen LogP contribution in [0.25, 0.3) is 11.4 Å². The summed E-state index contributed by atoms with van der Waals surface area (Å²) in [5.74, 6) is 0.438. The molecule has 8 nitrogen and oxygen atoms in total. The van der Waals surface area contributed by atoms with Crippen molar-refractivity contribution in [2.45, 2.75) is 26.4 Å². The van der Waals surface area contributed by atoms with E-state index in [2.05, 4.69) is 10.3 Å². The zero-order valence-corrected chi connectivity index (χ0v) is 18.7. The predicted molar refractivity (Wildman–Crippen MR) is 121 cm³/mol. The van der Waals surface area contributed by atoms with Gasteiger partial charge in [-0.3, -0.25) is 14.2 Å². The number of para-hydroxylation sites is 1. The van der Waals surface area contributed by atoms with Crippen LogP contribution >= 0.6 is 0 Å². The molecule has 0 unspecified atom stereocenters. The first-order chi connectivity index (χ1) is 15.9. The van der Waals surface area contributed by atoms with Gasteiger partial charge in [-0.05, 0) is 37.3 Å². The number of aliphatic hydroxyl groups is 1. The molecule has 3 aromatic rings. The topological polar surface area (TPSA) is 103 Å². The van der Waals surface area contributed by atoms with Gasteiger partial charge in [0.15, 0.2) is 11.5 Å². The normalized spacial score (nSPS) is 10.7. The lowest BCUT2D eigenvalue weighted by Gasteiger charge is -2.16. The van der Waals surface area contributed by atoms with Gasteiger partial charge in [0.1, 0.15) is 18.2 Å². The van der Waals surface area contributed by atoms with Crippen LogP contribution in [0.2, 0.25) is 0 Å². The summed E-state index contributed by atoms with van der Waals surface area (Å²) in [4.78, 5) is 30.4. The number of halogens is 1. The third-order valence-electron chi connectivity index (χ3n) is 5.20. The number of hydrogen-bond donors (Lipinski definition) is 2. The molecule has 0 aliphatic carbocycles. The molecule has 0 saturated carbocycles. The molecule has 0 radical (unpaired) electrons. The Morgan fingerprint density at radius 1 is 1.15 bits per heavy atom. The molecule has 2 N–H and O–H groups in total. The highest BCUT2D eigenvalue weighted by Crippen LogP contribution is 2.30. The third-order valence-corrected chi connectivity index (χ3v) is 5.20. The Bertz CT molecular complexity index is 1190. The smallest absolute Gasteiger partial charge is 0.257 e. The standard InChI is InChI=1S/C24H26FN3O5/c1-15-19(11-12-29)24(31)28(23(27-15)16-7-9-18(25)10-8-16)14-21(30)26-13-17-5-4-6-20(32-2)22(17)33-3/h4-10,29H,11-14H2,1-3H3,(H,26,30). The molecule has 9 heteroatoms. The Morgan fingerprint density at radius 3 is 2.52 bits per heavy atom. The molecule has 0 bridgehead atoms. The van der Waals surface area contributed by atoms with Crippen molar-refractivity contribution < 1.29 is 23.8 Å². The molecule has 0 fully saturated rings. The minimum atomic E-state index is -0.426. The van der Waals surface area contributed by atoms with Crippen LogP contribution in [0.3, 0.4) is 0 Å². The van der Waals surface area contributed by atoms with E-state index < -0.39 is 17.3 Å². The van der Waals surface area contributed by atoms with E-state index in [1.165, 1.54) is 43.1 Å². The fraction of sp³-hybridized carbons (Fsp3) is 0.292.